The number of rotatable bonds is 3. The van der Waals surface area contributed by atoms with Gasteiger partial charge < -0.3 is 15.3 Å². The number of amides is 1. The molecule has 36 heavy (non-hydrogen) atoms. The van der Waals surface area contributed by atoms with Crippen molar-refractivity contribution in [1.29, 1.82) is 0 Å². The van der Waals surface area contributed by atoms with Crippen LogP contribution in [0.2, 0.25) is 5.15 Å². The Morgan fingerprint density at radius 2 is 1.89 bits per heavy atom. The maximum absolute atomic E-state index is 12.9. The highest BCUT2D eigenvalue weighted by Crippen LogP contribution is 2.72. The van der Waals surface area contributed by atoms with Gasteiger partial charge in [0.25, 0.3) is 0 Å². The molecule has 4 rings (SSSR count). The normalized spacial score (nSPS) is 23.9. The third-order valence-electron chi connectivity index (χ3n) is 7.99. The van der Waals surface area contributed by atoms with E-state index in [1.54, 1.807) is 0 Å². The van der Waals surface area contributed by atoms with Crippen molar-refractivity contribution in [1.82, 2.24) is 14.9 Å². The molecule has 2 atom stereocenters. The lowest BCUT2D eigenvalue weighted by atomic mass is 9.42. The third kappa shape index (κ3) is 4.40. The number of aromatic nitrogens is 2. The van der Waals surface area contributed by atoms with Gasteiger partial charge in [-0.2, -0.15) is 25.8 Å². The minimum Gasteiger partial charge on any atom is -0.465 e. The van der Waals surface area contributed by atoms with Crippen molar-refractivity contribution in [2.45, 2.75) is 63.8 Å². The summed E-state index contributed by atoms with van der Waals surface area (Å²) < 4.78 is 38.5. The number of hydrogen-bond acceptors (Lipinski definition) is 5. The van der Waals surface area contributed by atoms with E-state index in [4.69, 9.17) is 24.2 Å². The standard InChI is InChI=1S/C25H30ClF3N4O2S/c1-14-11-15(5-6-18(14)31-20-30-13-17(19(26)32-20)25(27,28)29)16-12-23(24(16,36)22(2,3)4)7-9-33(10-8-23)21(34)35/h5-6,11,13,16,36H,7-10,12H2,1-4H3,(H,34,35)(H,30,31,32). The monoisotopic (exact) mass is 542 g/mol. The smallest absolute Gasteiger partial charge is 0.420 e. The molecule has 2 unspecified atom stereocenters. The zero-order valence-electron chi connectivity index (χ0n) is 20.6. The van der Waals surface area contributed by atoms with Crippen LogP contribution in [0.1, 0.15) is 62.6 Å². The molecule has 6 nitrogen and oxygen atoms in total. The minimum absolute atomic E-state index is 0.0186. The van der Waals surface area contributed by atoms with Crippen LogP contribution in [-0.2, 0) is 6.18 Å². The number of nitrogens with zero attached hydrogens (tertiary/aromatic N) is 3. The van der Waals surface area contributed by atoms with Gasteiger partial charge in [-0.1, -0.05) is 44.5 Å². The Bertz CT molecular complexity index is 1180. The summed E-state index contributed by atoms with van der Waals surface area (Å²) in [7, 11) is 0. The average Bonchev–Trinajstić information content (AvgIpc) is 2.77. The Hall–Kier alpha value is -2.20. The Kier molecular flexibility index (Phi) is 6.69. The van der Waals surface area contributed by atoms with Gasteiger partial charge in [0.05, 0.1) is 0 Å². The first-order chi connectivity index (χ1) is 16.6. The van der Waals surface area contributed by atoms with Crippen molar-refractivity contribution in [2.24, 2.45) is 10.8 Å². The Labute approximate surface area is 219 Å². The van der Waals surface area contributed by atoms with E-state index in [0.29, 0.717) is 25.0 Å². The molecule has 1 aliphatic carbocycles. The second-order valence-corrected chi connectivity index (χ2v) is 12.0. The predicted molar refractivity (Wildman–Crippen MR) is 136 cm³/mol. The molecule has 196 valence electrons. The lowest BCUT2D eigenvalue weighted by Gasteiger charge is -2.70. The van der Waals surface area contributed by atoms with Gasteiger partial charge in [0.2, 0.25) is 5.95 Å². The van der Waals surface area contributed by atoms with E-state index in [9.17, 15) is 23.1 Å². The fraction of sp³-hybridized carbons (Fsp3) is 0.560. The van der Waals surface area contributed by atoms with Crippen molar-refractivity contribution < 1.29 is 23.1 Å². The molecule has 1 saturated heterocycles. The molecule has 2 fully saturated rings. The van der Waals surface area contributed by atoms with Gasteiger partial charge in [-0.3, -0.25) is 0 Å². The molecule has 1 saturated carbocycles. The molecule has 2 aliphatic rings. The van der Waals surface area contributed by atoms with Crippen molar-refractivity contribution in [3.63, 3.8) is 0 Å². The Morgan fingerprint density at radius 1 is 1.25 bits per heavy atom. The molecule has 2 heterocycles. The largest absolute Gasteiger partial charge is 0.465 e. The Morgan fingerprint density at radius 3 is 2.39 bits per heavy atom. The molecule has 2 aromatic rings. The molecule has 2 N–H and O–H groups in total. The van der Waals surface area contributed by atoms with Crippen LogP contribution in [0.15, 0.2) is 24.4 Å². The number of carboxylic acid groups (broad SMARTS) is 1. The number of alkyl halides is 3. The first kappa shape index (κ1) is 26.9. The topological polar surface area (TPSA) is 78.4 Å². The summed E-state index contributed by atoms with van der Waals surface area (Å²) in [5.74, 6) is 0.150. The van der Waals surface area contributed by atoms with Crippen LogP contribution < -0.4 is 5.32 Å². The maximum Gasteiger partial charge on any atom is 0.420 e. The molecular formula is C25H30ClF3N4O2S. The first-order valence-corrected chi connectivity index (χ1v) is 12.6. The van der Waals surface area contributed by atoms with Crippen molar-refractivity contribution in [3.8, 4) is 0 Å². The van der Waals surface area contributed by atoms with Crippen LogP contribution in [0, 0.1) is 17.8 Å². The molecule has 1 aliphatic heterocycles. The molecule has 1 aromatic heterocycles. The summed E-state index contributed by atoms with van der Waals surface area (Å²) >= 11 is 11.1. The number of halogens is 4. The fourth-order valence-electron chi connectivity index (χ4n) is 6.10. The molecule has 1 spiro atoms. The summed E-state index contributed by atoms with van der Waals surface area (Å²) in [5, 5.41) is 11.7. The number of thiol groups is 1. The lowest BCUT2D eigenvalue weighted by molar-refractivity contribution is -0.137. The average molecular weight is 543 g/mol. The first-order valence-electron chi connectivity index (χ1n) is 11.8. The second-order valence-electron chi connectivity index (χ2n) is 10.9. The van der Waals surface area contributed by atoms with Crippen molar-refractivity contribution in [3.05, 3.63) is 46.2 Å². The summed E-state index contributed by atoms with van der Waals surface area (Å²) in [6, 6.07) is 5.94. The highest BCUT2D eigenvalue weighted by Gasteiger charge is 2.68. The number of hydrogen-bond donors (Lipinski definition) is 3. The molecule has 1 amide bonds. The van der Waals surface area contributed by atoms with E-state index in [1.165, 1.54) is 4.90 Å². The second kappa shape index (κ2) is 8.97. The van der Waals surface area contributed by atoms with Gasteiger partial charge in [0.15, 0.2) is 0 Å². The zero-order valence-corrected chi connectivity index (χ0v) is 22.2. The van der Waals surface area contributed by atoms with E-state index in [2.05, 4.69) is 42.1 Å². The van der Waals surface area contributed by atoms with Crippen LogP contribution in [0.3, 0.4) is 0 Å². The summed E-state index contributed by atoms with van der Waals surface area (Å²) in [6.45, 7) is 9.49. The molecule has 0 bridgehead atoms. The number of benzene rings is 1. The highest BCUT2D eigenvalue weighted by atomic mass is 35.5. The van der Waals surface area contributed by atoms with Crippen molar-refractivity contribution in [2.75, 3.05) is 18.4 Å². The highest BCUT2D eigenvalue weighted by molar-refractivity contribution is 7.82. The quantitative estimate of drug-likeness (QED) is 0.283. The van der Waals surface area contributed by atoms with Gasteiger partial charge in [-0.05, 0) is 60.1 Å². The van der Waals surface area contributed by atoms with Crippen LogP contribution >= 0.6 is 24.2 Å². The number of nitrogens with one attached hydrogen (secondary N) is 1. The lowest BCUT2D eigenvalue weighted by Crippen LogP contribution is -2.68. The summed E-state index contributed by atoms with van der Waals surface area (Å²) in [4.78, 5) is 20.4. The van der Waals surface area contributed by atoms with E-state index in [1.807, 2.05) is 19.1 Å². The van der Waals surface area contributed by atoms with Crippen LogP contribution in [-0.4, -0.2) is 43.9 Å². The van der Waals surface area contributed by atoms with Gasteiger partial charge in [0.1, 0.15) is 10.7 Å². The van der Waals surface area contributed by atoms with Gasteiger partial charge in [-0.15, -0.1) is 0 Å². The fourth-order valence-corrected chi connectivity index (χ4v) is 6.89. The number of aryl methyl sites for hydroxylation is 1. The van der Waals surface area contributed by atoms with Gasteiger partial charge >= 0.3 is 12.3 Å². The SMILES string of the molecule is Cc1cc(C2CC3(CCN(C(=O)O)CC3)C2(S)C(C)(C)C)ccc1Nc1ncc(C(F)(F)F)c(Cl)n1. The number of anilines is 2. The van der Waals surface area contributed by atoms with Crippen LogP contribution in [0.4, 0.5) is 29.6 Å². The predicted octanol–water partition coefficient (Wildman–Crippen LogP) is 7.16. The van der Waals surface area contributed by atoms with Crippen LogP contribution in [0.5, 0.6) is 0 Å². The Balaban J connectivity index is 1.57. The zero-order chi connectivity index (χ0) is 26.7. The van der Waals surface area contributed by atoms with Crippen molar-refractivity contribution >= 4 is 42.0 Å². The van der Waals surface area contributed by atoms with Gasteiger partial charge in [0, 0.05) is 29.7 Å². The number of likely N-dealkylation sites (tertiary alicyclic amines) is 1. The maximum atomic E-state index is 12.9. The minimum atomic E-state index is -4.62. The van der Waals surface area contributed by atoms with E-state index in [-0.39, 0.29) is 27.4 Å². The van der Waals surface area contributed by atoms with E-state index < -0.39 is 23.0 Å². The summed E-state index contributed by atoms with van der Waals surface area (Å²) in [5.41, 5.74) is 1.40. The molecule has 11 heteroatoms. The summed E-state index contributed by atoms with van der Waals surface area (Å²) in [6.07, 6.45) is -2.35. The molecule has 0 radical (unpaired) electrons. The molecule has 1 aromatic carbocycles. The number of carbonyl (C=O) groups is 1. The van der Waals surface area contributed by atoms with E-state index in [0.717, 1.165) is 30.4 Å². The molecular weight excluding hydrogens is 513 g/mol. The third-order valence-corrected chi connectivity index (χ3v) is 9.73. The van der Waals surface area contributed by atoms with Gasteiger partial charge in [-0.25, -0.2) is 14.8 Å². The van der Waals surface area contributed by atoms with Crippen LogP contribution in [0.25, 0.3) is 0 Å². The number of piperidine rings is 1. The van der Waals surface area contributed by atoms with E-state index >= 15 is 0 Å².